The number of benzene rings is 2. The van der Waals surface area contributed by atoms with Crippen LogP contribution in [-0.4, -0.2) is 18.2 Å². The highest BCUT2D eigenvalue weighted by Gasteiger charge is 2.13. The van der Waals surface area contributed by atoms with Gasteiger partial charge < -0.3 is 14.6 Å². The van der Waals surface area contributed by atoms with Crippen molar-refractivity contribution in [3.63, 3.8) is 0 Å². The Balaban J connectivity index is 1.61. The van der Waals surface area contributed by atoms with Gasteiger partial charge in [-0.1, -0.05) is 35.5 Å². The minimum absolute atomic E-state index is 0.0487. The van der Waals surface area contributed by atoms with Gasteiger partial charge in [-0.15, -0.1) is 0 Å². The first-order valence-electron chi connectivity index (χ1n) is 7.76. The molecule has 2 aromatic carbocycles. The molecule has 0 aliphatic heterocycles. The lowest BCUT2D eigenvalue weighted by Crippen LogP contribution is -2.24. The molecule has 0 fully saturated rings. The minimum Gasteiger partial charge on any atom is -0.496 e. The molecule has 0 aliphatic carbocycles. The molecule has 128 valence electrons. The van der Waals surface area contributed by atoms with Crippen LogP contribution in [0.3, 0.4) is 0 Å². The van der Waals surface area contributed by atoms with Gasteiger partial charge in [-0.25, -0.2) is 4.39 Å². The van der Waals surface area contributed by atoms with Gasteiger partial charge in [0.2, 0.25) is 5.91 Å². The van der Waals surface area contributed by atoms with Gasteiger partial charge in [-0.2, -0.15) is 0 Å². The largest absolute Gasteiger partial charge is 0.496 e. The zero-order valence-corrected chi connectivity index (χ0v) is 13.7. The minimum atomic E-state index is -0.397. The van der Waals surface area contributed by atoms with E-state index in [9.17, 15) is 9.18 Å². The molecule has 0 atom stereocenters. The second-order valence-electron chi connectivity index (χ2n) is 5.43. The predicted octanol–water partition coefficient (Wildman–Crippen LogP) is 3.35. The van der Waals surface area contributed by atoms with E-state index >= 15 is 0 Å². The first kappa shape index (κ1) is 16.7. The van der Waals surface area contributed by atoms with Gasteiger partial charge in [0, 0.05) is 18.2 Å². The Labute approximate surface area is 144 Å². The van der Waals surface area contributed by atoms with Crippen LogP contribution >= 0.6 is 0 Å². The van der Waals surface area contributed by atoms with Crippen LogP contribution in [-0.2, 0) is 17.8 Å². The number of carbonyl (C=O) groups excluding carboxylic acids is 1. The molecule has 1 amide bonds. The number of nitrogens with one attached hydrogen (secondary N) is 1. The molecule has 5 nitrogen and oxygen atoms in total. The maximum absolute atomic E-state index is 13.7. The number of hydrogen-bond acceptors (Lipinski definition) is 4. The molecule has 1 aromatic heterocycles. The second kappa shape index (κ2) is 7.61. The van der Waals surface area contributed by atoms with Gasteiger partial charge in [0.15, 0.2) is 5.76 Å². The maximum atomic E-state index is 13.7. The molecule has 0 spiro atoms. The molecule has 3 aromatic rings. The van der Waals surface area contributed by atoms with Crippen molar-refractivity contribution >= 4 is 5.91 Å². The molecule has 3 rings (SSSR count). The standard InChI is InChI=1S/C19H17FN2O3/c1-24-17-9-5-2-6-13(17)12-21-19(23)11-14-10-18(25-22-14)15-7-3-4-8-16(15)20/h2-10H,11-12H2,1H3,(H,21,23). The first-order chi connectivity index (χ1) is 12.2. The molecule has 25 heavy (non-hydrogen) atoms. The number of methoxy groups -OCH3 is 1. The lowest BCUT2D eigenvalue weighted by Gasteiger charge is -2.08. The van der Waals surface area contributed by atoms with Gasteiger partial charge in [-0.05, 0) is 18.2 Å². The summed E-state index contributed by atoms with van der Waals surface area (Å²) in [5.41, 5.74) is 1.64. The monoisotopic (exact) mass is 340 g/mol. The van der Waals surface area contributed by atoms with Crippen LogP contribution in [0.25, 0.3) is 11.3 Å². The third kappa shape index (κ3) is 4.03. The number of para-hydroxylation sites is 1. The van der Waals surface area contributed by atoms with Crippen LogP contribution in [0.15, 0.2) is 59.1 Å². The van der Waals surface area contributed by atoms with E-state index in [1.54, 1.807) is 31.4 Å². The average molecular weight is 340 g/mol. The number of carbonyl (C=O) groups is 1. The van der Waals surface area contributed by atoms with Crippen molar-refractivity contribution in [3.8, 4) is 17.1 Å². The summed E-state index contributed by atoms with van der Waals surface area (Å²) < 4.78 is 24.1. The van der Waals surface area contributed by atoms with Crippen LogP contribution < -0.4 is 10.1 Å². The molecule has 1 heterocycles. The summed E-state index contributed by atoms with van der Waals surface area (Å²) in [4.78, 5) is 12.1. The van der Waals surface area contributed by atoms with Crippen LogP contribution in [0, 0.1) is 5.82 Å². The highest BCUT2D eigenvalue weighted by Crippen LogP contribution is 2.23. The first-order valence-corrected chi connectivity index (χ1v) is 7.76. The zero-order chi connectivity index (χ0) is 17.6. The quantitative estimate of drug-likeness (QED) is 0.747. The molecule has 0 radical (unpaired) electrons. The van der Waals surface area contributed by atoms with Gasteiger partial charge in [0.05, 0.1) is 24.8 Å². The van der Waals surface area contributed by atoms with Crippen molar-refractivity contribution in [3.05, 3.63) is 71.7 Å². The van der Waals surface area contributed by atoms with Crippen molar-refractivity contribution in [2.45, 2.75) is 13.0 Å². The van der Waals surface area contributed by atoms with Gasteiger partial charge in [0.1, 0.15) is 11.6 Å². The molecule has 0 saturated heterocycles. The highest BCUT2D eigenvalue weighted by molar-refractivity contribution is 5.78. The van der Waals surface area contributed by atoms with E-state index in [4.69, 9.17) is 9.26 Å². The summed E-state index contributed by atoms with van der Waals surface area (Å²) in [5, 5.41) is 6.64. The fraction of sp³-hybridized carbons (Fsp3) is 0.158. The number of ether oxygens (including phenoxy) is 1. The number of amides is 1. The van der Waals surface area contributed by atoms with E-state index in [1.807, 2.05) is 24.3 Å². The number of nitrogens with zero attached hydrogens (tertiary/aromatic N) is 1. The number of hydrogen-bond donors (Lipinski definition) is 1. The number of aromatic nitrogens is 1. The average Bonchev–Trinajstić information content (AvgIpc) is 3.08. The van der Waals surface area contributed by atoms with E-state index in [-0.39, 0.29) is 12.3 Å². The van der Waals surface area contributed by atoms with Crippen LogP contribution in [0.4, 0.5) is 4.39 Å². The summed E-state index contributed by atoms with van der Waals surface area (Å²) in [6.45, 7) is 0.348. The predicted molar refractivity (Wildman–Crippen MR) is 90.4 cm³/mol. The Kier molecular flexibility index (Phi) is 5.09. The van der Waals surface area contributed by atoms with Crippen molar-refractivity contribution in [2.75, 3.05) is 7.11 Å². The molecular weight excluding hydrogens is 323 g/mol. The lowest BCUT2D eigenvalue weighted by atomic mass is 10.1. The molecular formula is C19H17FN2O3. The SMILES string of the molecule is COc1ccccc1CNC(=O)Cc1cc(-c2ccccc2F)on1. The Morgan fingerprint density at radius 1 is 1.20 bits per heavy atom. The van der Waals surface area contributed by atoms with Crippen molar-refractivity contribution in [1.82, 2.24) is 10.5 Å². The van der Waals surface area contributed by atoms with Crippen molar-refractivity contribution in [2.24, 2.45) is 0 Å². The van der Waals surface area contributed by atoms with Gasteiger partial charge in [0.25, 0.3) is 0 Å². The fourth-order valence-electron chi connectivity index (χ4n) is 2.45. The Hall–Kier alpha value is -3.15. The Morgan fingerprint density at radius 3 is 2.76 bits per heavy atom. The van der Waals surface area contributed by atoms with E-state index in [1.165, 1.54) is 6.07 Å². The van der Waals surface area contributed by atoms with E-state index in [0.29, 0.717) is 29.3 Å². The normalized spacial score (nSPS) is 10.5. The summed E-state index contributed by atoms with van der Waals surface area (Å²) in [7, 11) is 1.58. The smallest absolute Gasteiger partial charge is 0.226 e. The Bertz CT molecular complexity index is 876. The molecule has 0 bridgehead atoms. The van der Waals surface area contributed by atoms with E-state index in [0.717, 1.165) is 5.56 Å². The van der Waals surface area contributed by atoms with Gasteiger partial charge >= 0.3 is 0 Å². The summed E-state index contributed by atoms with van der Waals surface area (Å²) in [5.74, 6) is 0.404. The molecule has 0 saturated carbocycles. The maximum Gasteiger partial charge on any atom is 0.226 e. The molecule has 1 N–H and O–H groups in total. The van der Waals surface area contributed by atoms with Gasteiger partial charge in [-0.3, -0.25) is 4.79 Å². The van der Waals surface area contributed by atoms with Crippen molar-refractivity contribution in [1.29, 1.82) is 0 Å². The third-order valence-electron chi connectivity index (χ3n) is 3.71. The number of rotatable bonds is 6. The summed E-state index contributed by atoms with van der Waals surface area (Å²) >= 11 is 0. The zero-order valence-electron chi connectivity index (χ0n) is 13.7. The topological polar surface area (TPSA) is 64.4 Å². The molecule has 0 unspecified atom stereocenters. The molecule has 0 aliphatic rings. The lowest BCUT2D eigenvalue weighted by molar-refractivity contribution is -0.120. The van der Waals surface area contributed by atoms with Crippen molar-refractivity contribution < 1.29 is 18.4 Å². The molecule has 6 heteroatoms. The van der Waals surface area contributed by atoms with E-state index < -0.39 is 5.82 Å². The second-order valence-corrected chi connectivity index (χ2v) is 5.43. The fourth-order valence-corrected chi connectivity index (χ4v) is 2.45. The van der Waals surface area contributed by atoms with Crippen LogP contribution in [0.2, 0.25) is 0 Å². The summed E-state index contributed by atoms with van der Waals surface area (Å²) in [6, 6.07) is 15.3. The Morgan fingerprint density at radius 2 is 1.96 bits per heavy atom. The van der Waals surface area contributed by atoms with E-state index in [2.05, 4.69) is 10.5 Å². The van der Waals surface area contributed by atoms with Crippen LogP contribution in [0.5, 0.6) is 5.75 Å². The van der Waals surface area contributed by atoms with Crippen LogP contribution in [0.1, 0.15) is 11.3 Å². The summed E-state index contributed by atoms with van der Waals surface area (Å²) in [6.07, 6.45) is 0.0487. The third-order valence-corrected chi connectivity index (χ3v) is 3.71. The number of halogens is 1. The highest BCUT2D eigenvalue weighted by atomic mass is 19.1.